The zero-order valence-electron chi connectivity index (χ0n) is 8.95. The van der Waals surface area contributed by atoms with Gasteiger partial charge >= 0.3 is 5.97 Å². The first-order valence-corrected chi connectivity index (χ1v) is 5.43. The van der Waals surface area contributed by atoms with E-state index in [1.807, 2.05) is 0 Å². The van der Waals surface area contributed by atoms with Crippen molar-refractivity contribution in [2.75, 3.05) is 13.7 Å². The summed E-state index contributed by atoms with van der Waals surface area (Å²) < 4.78 is 10.4. The first kappa shape index (κ1) is 12.7. The van der Waals surface area contributed by atoms with Gasteiger partial charge in [0.05, 0.1) is 13.7 Å². The molecule has 0 aliphatic carbocycles. The normalized spacial score (nSPS) is 9.69. The Labute approximate surface area is 102 Å². The predicted octanol–water partition coefficient (Wildman–Crippen LogP) is 2.45. The molecular weight excluding hydrogens is 276 g/mol. The lowest BCUT2D eigenvalue weighted by Crippen LogP contribution is -2.08. The van der Waals surface area contributed by atoms with E-state index in [9.17, 15) is 9.59 Å². The maximum Gasteiger partial charge on any atom is 0.343 e. The molecule has 0 atom stereocenters. The summed E-state index contributed by atoms with van der Waals surface area (Å²) in [4.78, 5) is 22.3. The van der Waals surface area contributed by atoms with Crippen molar-refractivity contribution < 1.29 is 19.1 Å². The molecule has 16 heavy (non-hydrogen) atoms. The molecule has 0 saturated heterocycles. The van der Waals surface area contributed by atoms with Crippen molar-refractivity contribution in [2.24, 2.45) is 0 Å². The Morgan fingerprint density at radius 2 is 2.19 bits per heavy atom. The zero-order valence-corrected chi connectivity index (χ0v) is 10.5. The van der Waals surface area contributed by atoms with Crippen LogP contribution in [0.25, 0.3) is 0 Å². The van der Waals surface area contributed by atoms with Gasteiger partial charge in [-0.05, 0) is 35.0 Å². The molecule has 0 unspecified atom stereocenters. The Hall–Kier alpha value is -1.36. The molecule has 1 rings (SSSR count). The standard InChI is InChI=1S/C11H11BrO4/c1-3-16-11(14)10-8(12)4-7(6-13)5-9(10)15-2/h4-6H,3H2,1-2H3. The van der Waals surface area contributed by atoms with Gasteiger partial charge in [-0.3, -0.25) is 4.79 Å². The van der Waals surface area contributed by atoms with Crippen LogP contribution >= 0.6 is 15.9 Å². The van der Waals surface area contributed by atoms with Gasteiger partial charge in [-0.1, -0.05) is 0 Å². The fourth-order valence-corrected chi connectivity index (χ4v) is 1.85. The SMILES string of the molecule is CCOC(=O)c1c(Br)cc(C=O)cc1OC. The molecule has 0 aromatic heterocycles. The lowest BCUT2D eigenvalue weighted by molar-refractivity contribution is 0.0521. The molecule has 4 nitrogen and oxygen atoms in total. The first-order valence-electron chi connectivity index (χ1n) is 4.63. The van der Waals surface area contributed by atoms with E-state index in [4.69, 9.17) is 9.47 Å². The largest absolute Gasteiger partial charge is 0.496 e. The van der Waals surface area contributed by atoms with E-state index in [1.165, 1.54) is 13.2 Å². The Balaban J connectivity index is 3.26. The molecule has 0 radical (unpaired) electrons. The van der Waals surface area contributed by atoms with Crippen molar-refractivity contribution in [2.45, 2.75) is 6.92 Å². The lowest BCUT2D eigenvalue weighted by Gasteiger charge is -2.10. The number of rotatable bonds is 4. The number of carbonyl (C=O) groups is 2. The Kier molecular flexibility index (Phi) is 4.49. The number of methoxy groups -OCH3 is 1. The van der Waals surface area contributed by atoms with Crippen molar-refractivity contribution in [1.82, 2.24) is 0 Å². The summed E-state index contributed by atoms with van der Waals surface area (Å²) in [6.07, 6.45) is 0.683. The summed E-state index contributed by atoms with van der Waals surface area (Å²) in [5.74, 6) is -0.168. The summed E-state index contributed by atoms with van der Waals surface area (Å²) in [6.45, 7) is 2.00. The third-order valence-corrected chi connectivity index (χ3v) is 2.54. The minimum Gasteiger partial charge on any atom is -0.496 e. The van der Waals surface area contributed by atoms with Crippen molar-refractivity contribution in [3.63, 3.8) is 0 Å². The number of hydrogen-bond acceptors (Lipinski definition) is 4. The second kappa shape index (κ2) is 5.65. The van der Waals surface area contributed by atoms with Crippen LogP contribution in [0.3, 0.4) is 0 Å². The zero-order chi connectivity index (χ0) is 12.1. The minimum atomic E-state index is -0.483. The van der Waals surface area contributed by atoms with Crippen LogP contribution in [0.2, 0.25) is 0 Å². The van der Waals surface area contributed by atoms with Gasteiger partial charge in [0.15, 0.2) is 0 Å². The maximum atomic E-state index is 11.6. The van der Waals surface area contributed by atoms with E-state index in [-0.39, 0.29) is 12.2 Å². The van der Waals surface area contributed by atoms with E-state index in [1.54, 1.807) is 13.0 Å². The van der Waals surface area contributed by atoms with Crippen LogP contribution in [0, 0.1) is 0 Å². The van der Waals surface area contributed by atoms with Gasteiger partial charge in [-0.2, -0.15) is 0 Å². The van der Waals surface area contributed by atoms with Crippen molar-refractivity contribution >= 4 is 28.2 Å². The highest BCUT2D eigenvalue weighted by Gasteiger charge is 2.18. The minimum absolute atomic E-state index is 0.282. The molecule has 0 bridgehead atoms. The van der Waals surface area contributed by atoms with E-state index < -0.39 is 5.97 Å². The molecule has 1 aromatic carbocycles. The van der Waals surface area contributed by atoms with Crippen LogP contribution in [0.15, 0.2) is 16.6 Å². The number of halogens is 1. The third-order valence-electron chi connectivity index (χ3n) is 1.91. The number of ether oxygens (including phenoxy) is 2. The predicted molar refractivity (Wildman–Crippen MR) is 62.0 cm³/mol. The second-order valence-electron chi connectivity index (χ2n) is 2.92. The fourth-order valence-electron chi connectivity index (χ4n) is 1.23. The Morgan fingerprint density at radius 3 is 2.69 bits per heavy atom. The topological polar surface area (TPSA) is 52.6 Å². The second-order valence-corrected chi connectivity index (χ2v) is 3.77. The van der Waals surface area contributed by atoms with Crippen LogP contribution in [-0.2, 0) is 4.74 Å². The monoisotopic (exact) mass is 286 g/mol. The molecule has 0 aliphatic heterocycles. The summed E-state index contributed by atoms with van der Waals surface area (Å²) in [6, 6.07) is 3.03. The van der Waals surface area contributed by atoms with Crippen LogP contribution in [-0.4, -0.2) is 26.0 Å². The van der Waals surface area contributed by atoms with Gasteiger partial charge in [0.25, 0.3) is 0 Å². The molecule has 5 heteroatoms. The van der Waals surface area contributed by atoms with Gasteiger partial charge in [-0.15, -0.1) is 0 Å². The summed E-state index contributed by atoms with van der Waals surface area (Å²) in [5, 5.41) is 0. The Morgan fingerprint density at radius 1 is 1.50 bits per heavy atom. The fraction of sp³-hybridized carbons (Fsp3) is 0.273. The van der Waals surface area contributed by atoms with Crippen LogP contribution in [0.1, 0.15) is 27.6 Å². The Bertz CT molecular complexity index is 415. The quantitative estimate of drug-likeness (QED) is 0.630. The van der Waals surface area contributed by atoms with Crippen LogP contribution < -0.4 is 4.74 Å². The molecular formula is C11H11BrO4. The lowest BCUT2D eigenvalue weighted by atomic mass is 10.1. The molecule has 0 fully saturated rings. The van der Waals surface area contributed by atoms with E-state index in [2.05, 4.69) is 15.9 Å². The number of esters is 1. The van der Waals surface area contributed by atoms with Gasteiger partial charge in [-0.25, -0.2) is 4.79 Å². The summed E-state index contributed by atoms with van der Waals surface area (Å²) in [5.41, 5.74) is 0.715. The van der Waals surface area contributed by atoms with Gasteiger partial charge < -0.3 is 9.47 Å². The van der Waals surface area contributed by atoms with Crippen molar-refractivity contribution in [3.05, 3.63) is 27.7 Å². The van der Waals surface area contributed by atoms with Gasteiger partial charge in [0, 0.05) is 10.0 Å². The average Bonchev–Trinajstić information content (AvgIpc) is 2.27. The number of hydrogen-bond donors (Lipinski definition) is 0. The third kappa shape index (κ3) is 2.61. The first-order chi connectivity index (χ1) is 7.63. The van der Waals surface area contributed by atoms with Crippen LogP contribution in [0.4, 0.5) is 0 Å². The summed E-state index contributed by atoms with van der Waals surface area (Å²) in [7, 11) is 1.43. The van der Waals surface area contributed by atoms with E-state index in [0.717, 1.165) is 0 Å². The molecule has 1 aromatic rings. The molecule has 0 heterocycles. The van der Waals surface area contributed by atoms with Crippen LogP contribution in [0.5, 0.6) is 5.75 Å². The number of carbonyl (C=O) groups excluding carboxylic acids is 2. The van der Waals surface area contributed by atoms with E-state index in [0.29, 0.717) is 22.1 Å². The number of aldehydes is 1. The molecule has 86 valence electrons. The number of benzene rings is 1. The maximum absolute atomic E-state index is 11.6. The van der Waals surface area contributed by atoms with Gasteiger partial charge in [0.1, 0.15) is 17.6 Å². The molecule has 0 amide bonds. The highest BCUT2D eigenvalue weighted by molar-refractivity contribution is 9.10. The van der Waals surface area contributed by atoms with Crippen molar-refractivity contribution in [1.29, 1.82) is 0 Å². The van der Waals surface area contributed by atoms with Crippen molar-refractivity contribution in [3.8, 4) is 5.75 Å². The average molecular weight is 287 g/mol. The molecule has 0 spiro atoms. The molecule has 0 saturated carbocycles. The summed E-state index contributed by atoms with van der Waals surface area (Å²) >= 11 is 3.21. The molecule has 0 aliphatic rings. The van der Waals surface area contributed by atoms with Gasteiger partial charge in [0.2, 0.25) is 0 Å². The highest BCUT2D eigenvalue weighted by atomic mass is 79.9. The highest BCUT2D eigenvalue weighted by Crippen LogP contribution is 2.29. The molecule has 0 N–H and O–H groups in total. The van der Waals surface area contributed by atoms with E-state index >= 15 is 0 Å². The smallest absolute Gasteiger partial charge is 0.343 e.